The van der Waals surface area contributed by atoms with Crippen LogP contribution in [0.4, 0.5) is 0 Å². The second-order valence-corrected chi connectivity index (χ2v) is 5.11. The van der Waals surface area contributed by atoms with E-state index in [-0.39, 0.29) is 5.91 Å². The van der Waals surface area contributed by atoms with Gasteiger partial charge in [-0.2, -0.15) is 0 Å². The molecule has 0 radical (unpaired) electrons. The van der Waals surface area contributed by atoms with E-state index in [0.717, 1.165) is 32.4 Å². The molecule has 0 saturated carbocycles. The zero-order valence-electron chi connectivity index (χ0n) is 10.5. The number of nitrogens with two attached hydrogens (primary N) is 1. The molecule has 18 heavy (non-hydrogen) atoms. The Bertz CT molecular complexity index is 367. The molecule has 2 aliphatic rings. The predicted octanol–water partition coefficient (Wildman–Crippen LogP) is 0.369. The molecule has 7 heteroatoms. The van der Waals surface area contributed by atoms with Crippen molar-refractivity contribution in [3.63, 3.8) is 0 Å². The van der Waals surface area contributed by atoms with Crippen molar-refractivity contribution in [1.82, 2.24) is 10.2 Å². The SMILES string of the molecule is [N-]=[N+]=NCCNC1(C(N)=O)CCN2CCCC2C1. The Morgan fingerprint density at radius 1 is 1.61 bits per heavy atom. The minimum Gasteiger partial charge on any atom is -0.368 e. The summed E-state index contributed by atoms with van der Waals surface area (Å²) in [5.74, 6) is -0.282. The Labute approximate surface area is 106 Å². The van der Waals surface area contributed by atoms with Gasteiger partial charge in [0.15, 0.2) is 0 Å². The van der Waals surface area contributed by atoms with Crippen LogP contribution in [0, 0.1) is 0 Å². The number of primary amides is 1. The monoisotopic (exact) mass is 252 g/mol. The molecule has 0 spiro atoms. The van der Waals surface area contributed by atoms with Gasteiger partial charge in [-0.25, -0.2) is 0 Å². The number of carbonyl (C=O) groups excluding carboxylic acids is 1. The average molecular weight is 252 g/mol. The highest BCUT2D eigenvalue weighted by molar-refractivity contribution is 5.85. The van der Waals surface area contributed by atoms with Crippen LogP contribution in [-0.2, 0) is 4.79 Å². The number of amides is 1. The van der Waals surface area contributed by atoms with Crippen molar-refractivity contribution < 1.29 is 4.79 Å². The van der Waals surface area contributed by atoms with Crippen LogP contribution >= 0.6 is 0 Å². The number of azide groups is 1. The number of fused-ring (bicyclic) bond motifs is 1. The summed E-state index contributed by atoms with van der Waals surface area (Å²) in [6.45, 7) is 2.90. The van der Waals surface area contributed by atoms with Gasteiger partial charge in [-0.1, -0.05) is 5.11 Å². The van der Waals surface area contributed by atoms with Gasteiger partial charge in [-0.15, -0.1) is 0 Å². The number of hydrogen-bond donors (Lipinski definition) is 2. The van der Waals surface area contributed by atoms with Gasteiger partial charge in [-0.05, 0) is 37.8 Å². The molecule has 7 nitrogen and oxygen atoms in total. The van der Waals surface area contributed by atoms with E-state index >= 15 is 0 Å². The van der Waals surface area contributed by atoms with E-state index in [1.165, 1.54) is 6.42 Å². The molecule has 2 aliphatic heterocycles. The quantitative estimate of drug-likeness (QED) is 0.319. The molecule has 0 bridgehead atoms. The smallest absolute Gasteiger partial charge is 0.237 e. The maximum atomic E-state index is 11.8. The number of nitrogens with one attached hydrogen (secondary N) is 1. The minimum atomic E-state index is -0.615. The molecule has 2 rings (SSSR count). The van der Waals surface area contributed by atoms with Crippen molar-refractivity contribution in [2.75, 3.05) is 26.2 Å². The van der Waals surface area contributed by atoms with Crippen LogP contribution in [0.1, 0.15) is 25.7 Å². The van der Waals surface area contributed by atoms with Crippen LogP contribution < -0.4 is 11.1 Å². The van der Waals surface area contributed by atoms with Crippen LogP contribution in [-0.4, -0.2) is 48.6 Å². The summed E-state index contributed by atoms with van der Waals surface area (Å²) in [4.78, 5) is 16.9. The number of carbonyl (C=O) groups is 1. The fourth-order valence-corrected chi connectivity index (χ4v) is 3.12. The fourth-order valence-electron chi connectivity index (χ4n) is 3.12. The summed E-state index contributed by atoms with van der Waals surface area (Å²) in [5.41, 5.74) is 13.2. The Balaban J connectivity index is 1.98. The molecule has 2 unspecified atom stereocenters. The summed E-state index contributed by atoms with van der Waals surface area (Å²) >= 11 is 0. The molecule has 2 atom stereocenters. The van der Waals surface area contributed by atoms with Crippen molar-refractivity contribution in [3.8, 4) is 0 Å². The largest absolute Gasteiger partial charge is 0.368 e. The first kappa shape index (κ1) is 13.1. The molecule has 0 aromatic carbocycles. The number of piperidine rings is 1. The first-order chi connectivity index (χ1) is 8.68. The first-order valence-corrected chi connectivity index (χ1v) is 6.48. The summed E-state index contributed by atoms with van der Waals surface area (Å²) < 4.78 is 0. The van der Waals surface area contributed by atoms with Crippen molar-refractivity contribution in [2.45, 2.75) is 37.3 Å². The van der Waals surface area contributed by atoms with Crippen molar-refractivity contribution in [2.24, 2.45) is 10.8 Å². The lowest BCUT2D eigenvalue weighted by Crippen LogP contribution is -2.62. The lowest BCUT2D eigenvalue weighted by atomic mass is 9.82. The normalized spacial score (nSPS) is 31.7. The third-order valence-electron chi connectivity index (χ3n) is 4.12. The van der Waals surface area contributed by atoms with Gasteiger partial charge < -0.3 is 16.0 Å². The van der Waals surface area contributed by atoms with Crippen LogP contribution in [0.2, 0.25) is 0 Å². The Morgan fingerprint density at radius 3 is 3.17 bits per heavy atom. The van der Waals surface area contributed by atoms with E-state index in [9.17, 15) is 4.79 Å². The van der Waals surface area contributed by atoms with E-state index in [0.29, 0.717) is 19.1 Å². The maximum Gasteiger partial charge on any atom is 0.237 e. The molecule has 100 valence electrons. The van der Waals surface area contributed by atoms with E-state index < -0.39 is 5.54 Å². The highest BCUT2D eigenvalue weighted by Gasteiger charge is 2.44. The Hall–Kier alpha value is -1.30. The lowest BCUT2D eigenvalue weighted by Gasteiger charge is -2.42. The van der Waals surface area contributed by atoms with Crippen LogP contribution in [0.5, 0.6) is 0 Å². The first-order valence-electron chi connectivity index (χ1n) is 6.48. The highest BCUT2D eigenvalue weighted by atomic mass is 16.1. The third kappa shape index (κ3) is 2.58. The van der Waals surface area contributed by atoms with E-state index in [2.05, 4.69) is 20.2 Å². The number of rotatable bonds is 5. The Kier molecular flexibility index (Phi) is 4.06. The van der Waals surface area contributed by atoms with Gasteiger partial charge in [0.2, 0.25) is 5.91 Å². The van der Waals surface area contributed by atoms with Crippen molar-refractivity contribution >= 4 is 5.91 Å². The van der Waals surface area contributed by atoms with Crippen LogP contribution in [0.3, 0.4) is 0 Å². The molecule has 1 amide bonds. The van der Waals surface area contributed by atoms with Crippen LogP contribution in [0.15, 0.2) is 5.11 Å². The molecular weight excluding hydrogens is 232 g/mol. The molecule has 0 aliphatic carbocycles. The summed E-state index contributed by atoms with van der Waals surface area (Å²) in [6.07, 6.45) is 3.87. The topological polar surface area (TPSA) is 107 Å². The zero-order chi connectivity index (χ0) is 13.0. The van der Waals surface area contributed by atoms with Gasteiger partial charge >= 0.3 is 0 Å². The molecule has 0 aromatic rings. The van der Waals surface area contributed by atoms with E-state index in [4.69, 9.17) is 11.3 Å². The summed E-state index contributed by atoms with van der Waals surface area (Å²) in [6, 6.07) is 0.471. The van der Waals surface area contributed by atoms with Gasteiger partial charge in [-0.3, -0.25) is 4.79 Å². The average Bonchev–Trinajstić information content (AvgIpc) is 2.81. The number of nitrogens with zero attached hydrogens (tertiary/aromatic N) is 4. The molecule has 2 saturated heterocycles. The third-order valence-corrected chi connectivity index (χ3v) is 4.12. The Morgan fingerprint density at radius 2 is 2.44 bits per heavy atom. The van der Waals surface area contributed by atoms with Gasteiger partial charge in [0.1, 0.15) is 5.54 Å². The van der Waals surface area contributed by atoms with E-state index in [1.807, 2.05) is 0 Å². The summed E-state index contributed by atoms with van der Waals surface area (Å²) in [7, 11) is 0. The molecule has 2 heterocycles. The fraction of sp³-hybridized carbons (Fsp3) is 0.909. The number of hydrogen-bond acceptors (Lipinski definition) is 4. The highest BCUT2D eigenvalue weighted by Crippen LogP contribution is 2.32. The van der Waals surface area contributed by atoms with Crippen molar-refractivity contribution in [3.05, 3.63) is 10.4 Å². The molecule has 0 aromatic heterocycles. The van der Waals surface area contributed by atoms with Gasteiger partial charge in [0.25, 0.3) is 0 Å². The van der Waals surface area contributed by atoms with Crippen molar-refractivity contribution in [1.29, 1.82) is 0 Å². The maximum absolute atomic E-state index is 11.8. The second kappa shape index (κ2) is 5.56. The lowest BCUT2D eigenvalue weighted by molar-refractivity contribution is -0.127. The predicted molar refractivity (Wildman–Crippen MR) is 67.8 cm³/mol. The van der Waals surface area contributed by atoms with Gasteiger partial charge in [0, 0.05) is 30.6 Å². The van der Waals surface area contributed by atoms with Crippen LogP contribution in [0.25, 0.3) is 10.4 Å². The summed E-state index contributed by atoms with van der Waals surface area (Å²) in [5, 5.41) is 6.68. The minimum absolute atomic E-state index is 0.282. The molecule has 2 fully saturated rings. The second-order valence-electron chi connectivity index (χ2n) is 5.11. The molecule has 3 N–H and O–H groups in total. The van der Waals surface area contributed by atoms with Gasteiger partial charge in [0.05, 0.1) is 0 Å². The zero-order valence-corrected chi connectivity index (χ0v) is 10.5. The standard InChI is InChI=1S/C11H20N6O/c12-10(18)11(14-4-5-15-16-13)3-7-17-6-1-2-9(17)8-11/h9,14H,1-8H2,(H2,12,18). The van der Waals surface area contributed by atoms with E-state index in [1.54, 1.807) is 0 Å². The molecular formula is C11H20N6O.